The van der Waals surface area contributed by atoms with Crippen LogP contribution < -0.4 is 5.32 Å². The first-order valence-corrected chi connectivity index (χ1v) is 8.93. The Morgan fingerprint density at radius 2 is 2.29 bits per heavy atom. The normalized spacial score (nSPS) is 15.0. The van der Waals surface area contributed by atoms with E-state index in [9.17, 15) is 9.18 Å². The van der Waals surface area contributed by atoms with Crippen molar-refractivity contribution in [3.63, 3.8) is 0 Å². The van der Waals surface area contributed by atoms with Crippen molar-refractivity contribution in [1.82, 2.24) is 10.2 Å². The summed E-state index contributed by atoms with van der Waals surface area (Å²) in [5, 5.41) is 2.85. The standard InChI is InChI=1S/C19H23FN2OS/c1-3-18(24-14-15-7-5-10-22(2)11-9-15)19(23)21-13-16-6-4-8-17(20)12-16/h3-6,8-10,12H,7,11,13-14H2,1-2H3,(H,21,23)/b18-3-. The summed E-state index contributed by atoms with van der Waals surface area (Å²) < 4.78 is 13.2. The van der Waals surface area contributed by atoms with Crippen LogP contribution >= 0.6 is 11.8 Å². The smallest absolute Gasteiger partial charge is 0.257 e. The minimum Gasteiger partial charge on any atom is -0.377 e. The van der Waals surface area contributed by atoms with Crippen molar-refractivity contribution in [2.75, 3.05) is 19.3 Å². The van der Waals surface area contributed by atoms with Gasteiger partial charge in [-0.05, 0) is 37.2 Å². The van der Waals surface area contributed by atoms with E-state index in [-0.39, 0.29) is 11.7 Å². The highest BCUT2D eigenvalue weighted by molar-refractivity contribution is 8.04. The van der Waals surface area contributed by atoms with Gasteiger partial charge in [-0.2, -0.15) is 0 Å². The number of thioether (sulfide) groups is 1. The van der Waals surface area contributed by atoms with Crippen molar-refractivity contribution < 1.29 is 9.18 Å². The summed E-state index contributed by atoms with van der Waals surface area (Å²) in [6.07, 6.45) is 9.17. The zero-order valence-corrected chi connectivity index (χ0v) is 14.9. The molecule has 0 atom stereocenters. The zero-order chi connectivity index (χ0) is 17.4. The maximum Gasteiger partial charge on any atom is 0.257 e. The number of hydrogen-bond donors (Lipinski definition) is 1. The second kappa shape index (κ2) is 9.33. The monoisotopic (exact) mass is 346 g/mol. The molecule has 0 spiro atoms. The highest BCUT2D eigenvalue weighted by atomic mass is 32.2. The predicted molar refractivity (Wildman–Crippen MR) is 98.9 cm³/mol. The van der Waals surface area contributed by atoms with Crippen molar-refractivity contribution in [1.29, 1.82) is 0 Å². The molecule has 1 aromatic rings. The summed E-state index contributed by atoms with van der Waals surface area (Å²) in [5.41, 5.74) is 2.07. The Kier molecular flexibility index (Phi) is 7.12. The van der Waals surface area contributed by atoms with Crippen LogP contribution in [0.4, 0.5) is 4.39 Å². The second-order valence-corrected chi connectivity index (χ2v) is 6.66. The number of amides is 1. The molecule has 0 fully saturated rings. The molecule has 1 amide bonds. The van der Waals surface area contributed by atoms with Crippen LogP contribution in [0.1, 0.15) is 18.9 Å². The van der Waals surface area contributed by atoms with E-state index < -0.39 is 0 Å². The molecular weight excluding hydrogens is 323 g/mol. The fourth-order valence-corrected chi connectivity index (χ4v) is 3.23. The molecule has 0 aliphatic carbocycles. The van der Waals surface area contributed by atoms with Gasteiger partial charge in [-0.15, -0.1) is 11.8 Å². The first kappa shape index (κ1) is 18.3. The fourth-order valence-electron chi connectivity index (χ4n) is 2.29. The van der Waals surface area contributed by atoms with Gasteiger partial charge in [0.25, 0.3) is 5.91 Å². The lowest BCUT2D eigenvalue weighted by atomic mass is 10.2. The molecule has 0 saturated carbocycles. The van der Waals surface area contributed by atoms with Gasteiger partial charge < -0.3 is 10.2 Å². The van der Waals surface area contributed by atoms with Crippen molar-refractivity contribution >= 4 is 17.7 Å². The molecule has 24 heavy (non-hydrogen) atoms. The maximum absolute atomic E-state index is 13.2. The van der Waals surface area contributed by atoms with Crippen LogP contribution in [0.2, 0.25) is 0 Å². The average Bonchev–Trinajstić information content (AvgIpc) is 2.78. The van der Waals surface area contributed by atoms with Gasteiger partial charge in [0.1, 0.15) is 5.82 Å². The number of hydrogen-bond acceptors (Lipinski definition) is 3. The van der Waals surface area contributed by atoms with E-state index in [2.05, 4.69) is 28.6 Å². The van der Waals surface area contributed by atoms with E-state index in [1.54, 1.807) is 12.1 Å². The van der Waals surface area contributed by atoms with Crippen LogP contribution in [0.15, 0.2) is 59.2 Å². The number of likely N-dealkylation sites (N-methyl/N-ethyl adjacent to an activating group) is 1. The first-order chi connectivity index (χ1) is 11.6. The molecule has 1 aliphatic heterocycles. The molecule has 2 rings (SSSR count). The van der Waals surface area contributed by atoms with Gasteiger partial charge >= 0.3 is 0 Å². The van der Waals surface area contributed by atoms with Crippen LogP contribution in [-0.4, -0.2) is 30.2 Å². The second-order valence-electron chi connectivity index (χ2n) is 5.65. The first-order valence-electron chi connectivity index (χ1n) is 7.95. The maximum atomic E-state index is 13.2. The van der Waals surface area contributed by atoms with Gasteiger partial charge in [0.15, 0.2) is 0 Å². The van der Waals surface area contributed by atoms with Crippen LogP contribution in [-0.2, 0) is 11.3 Å². The Balaban J connectivity index is 1.84. The Bertz CT molecular complexity index is 667. The van der Waals surface area contributed by atoms with Gasteiger partial charge in [-0.25, -0.2) is 4.39 Å². The topological polar surface area (TPSA) is 32.3 Å². The molecule has 0 unspecified atom stereocenters. The third kappa shape index (κ3) is 5.89. The van der Waals surface area contributed by atoms with E-state index in [1.807, 2.05) is 20.0 Å². The number of halogens is 1. The van der Waals surface area contributed by atoms with Crippen molar-refractivity contribution in [2.45, 2.75) is 19.9 Å². The van der Waals surface area contributed by atoms with Crippen LogP contribution in [0.5, 0.6) is 0 Å². The van der Waals surface area contributed by atoms with Gasteiger partial charge in [-0.3, -0.25) is 4.79 Å². The van der Waals surface area contributed by atoms with E-state index in [0.717, 1.165) is 24.3 Å². The number of nitrogens with zero attached hydrogens (tertiary/aromatic N) is 1. The number of allylic oxidation sites excluding steroid dienone is 2. The molecule has 0 radical (unpaired) electrons. The third-order valence-corrected chi connectivity index (χ3v) is 4.90. The molecule has 0 aromatic heterocycles. The molecule has 1 aliphatic rings. The summed E-state index contributed by atoms with van der Waals surface area (Å²) in [7, 11) is 2.04. The molecule has 1 aromatic carbocycles. The highest BCUT2D eigenvalue weighted by Crippen LogP contribution is 2.22. The van der Waals surface area contributed by atoms with Gasteiger partial charge in [0.2, 0.25) is 0 Å². The van der Waals surface area contributed by atoms with E-state index in [4.69, 9.17) is 0 Å². The molecule has 5 heteroatoms. The third-order valence-electron chi connectivity index (χ3n) is 3.65. The Hall–Kier alpha value is -2.01. The predicted octanol–water partition coefficient (Wildman–Crippen LogP) is 3.85. The summed E-state index contributed by atoms with van der Waals surface area (Å²) >= 11 is 1.54. The summed E-state index contributed by atoms with van der Waals surface area (Å²) in [6, 6.07) is 6.27. The number of benzene rings is 1. The Morgan fingerprint density at radius 1 is 1.46 bits per heavy atom. The molecule has 1 heterocycles. The minimum atomic E-state index is -0.291. The summed E-state index contributed by atoms with van der Waals surface area (Å²) in [5.74, 6) is 0.389. The highest BCUT2D eigenvalue weighted by Gasteiger charge is 2.11. The van der Waals surface area contributed by atoms with Crippen LogP contribution in [0.25, 0.3) is 0 Å². The lowest BCUT2D eigenvalue weighted by molar-refractivity contribution is -0.116. The lowest BCUT2D eigenvalue weighted by Crippen LogP contribution is -2.23. The minimum absolute atomic E-state index is 0.117. The molecule has 128 valence electrons. The molecular formula is C19H23FN2OS. The number of carbonyl (C=O) groups is 1. The molecule has 1 N–H and O–H groups in total. The van der Waals surface area contributed by atoms with Gasteiger partial charge in [0.05, 0.1) is 4.91 Å². The number of nitrogens with one attached hydrogen (secondary N) is 1. The van der Waals surface area contributed by atoms with Gasteiger partial charge in [0, 0.05) is 25.9 Å². The summed E-state index contributed by atoms with van der Waals surface area (Å²) in [4.78, 5) is 15.1. The Labute approximate surface area is 147 Å². The largest absolute Gasteiger partial charge is 0.377 e. The van der Waals surface area contributed by atoms with Crippen LogP contribution in [0.3, 0.4) is 0 Å². The molecule has 0 bridgehead atoms. The lowest BCUT2D eigenvalue weighted by Gasteiger charge is -2.10. The SMILES string of the molecule is C/C=C(\SCC1=CCN(C)C=CC1)C(=O)NCc1cccc(F)c1. The Morgan fingerprint density at radius 3 is 3.04 bits per heavy atom. The fraction of sp³-hybridized carbons (Fsp3) is 0.316. The van der Waals surface area contributed by atoms with E-state index in [0.29, 0.717) is 11.4 Å². The van der Waals surface area contributed by atoms with Crippen molar-refractivity contribution in [3.05, 3.63) is 70.6 Å². The van der Waals surface area contributed by atoms with Crippen molar-refractivity contribution in [2.24, 2.45) is 0 Å². The number of carbonyl (C=O) groups excluding carboxylic acids is 1. The zero-order valence-electron chi connectivity index (χ0n) is 14.1. The average molecular weight is 346 g/mol. The number of rotatable bonds is 6. The quantitative estimate of drug-likeness (QED) is 0.627. The summed E-state index contributed by atoms with van der Waals surface area (Å²) in [6.45, 7) is 3.08. The molecule has 3 nitrogen and oxygen atoms in total. The molecule has 0 saturated heterocycles. The van der Waals surface area contributed by atoms with Crippen molar-refractivity contribution in [3.8, 4) is 0 Å². The van der Waals surface area contributed by atoms with E-state index in [1.165, 1.54) is 29.5 Å². The van der Waals surface area contributed by atoms with Gasteiger partial charge in [-0.1, -0.05) is 35.9 Å². The van der Waals surface area contributed by atoms with Crippen LogP contribution in [0, 0.1) is 5.82 Å². The van der Waals surface area contributed by atoms with E-state index >= 15 is 0 Å².